The fraction of sp³-hybridized carbons (Fsp3) is 1.00. The van der Waals surface area contributed by atoms with Gasteiger partial charge in [0.05, 0.1) is 5.75 Å². The van der Waals surface area contributed by atoms with E-state index in [4.69, 9.17) is 0 Å². The minimum atomic E-state index is -2.79. The van der Waals surface area contributed by atoms with Crippen LogP contribution in [0.5, 0.6) is 0 Å². The van der Waals surface area contributed by atoms with E-state index in [0.717, 1.165) is 13.0 Å². The SMILES string of the molecule is CCCS(=O)(=O)CCNCCC(C)C. The number of nitrogens with one attached hydrogen (secondary N) is 1. The third kappa shape index (κ3) is 8.51. The third-order valence-electron chi connectivity index (χ3n) is 2.00. The van der Waals surface area contributed by atoms with E-state index in [1.165, 1.54) is 0 Å². The zero-order chi connectivity index (χ0) is 11.0. The van der Waals surface area contributed by atoms with Crippen molar-refractivity contribution in [3.8, 4) is 0 Å². The molecule has 0 aliphatic heterocycles. The van der Waals surface area contributed by atoms with Gasteiger partial charge in [-0.15, -0.1) is 0 Å². The van der Waals surface area contributed by atoms with Gasteiger partial charge in [0.15, 0.2) is 9.84 Å². The molecular weight excluding hydrogens is 198 g/mol. The van der Waals surface area contributed by atoms with Crippen LogP contribution in [-0.4, -0.2) is 33.0 Å². The highest BCUT2D eigenvalue weighted by atomic mass is 32.2. The lowest BCUT2D eigenvalue weighted by atomic mass is 10.1. The maximum absolute atomic E-state index is 11.3. The molecule has 0 aromatic rings. The summed E-state index contributed by atoms with van der Waals surface area (Å²) < 4.78 is 22.6. The van der Waals surface area contributed by atoms with Gasteiger partial charge in [-0.3, -0.25) is 0 Å². The van der Waals surface area contributed by atoms with Crippen molar-refractivity contribution in [2.75, 3.05) is 24.6 Å². The molecule has 86 valence electrons. The Balaban J connectivity index is 3.45. The quantitative estimate of drug-likeness (QED) is 0.631. The molecule has 0 spiro atoms. The maximum Gasteiger partial charge on any atom is 0.151 e. The average molecular weight is 221 g/mol. The Hall–Kier alpha value is -0.0900. The van der Waals surface area contributed by atoms with Crippen molar-refractivity contribution in [1.29, 1.82) is 0 Å². The van der Waals surface area contributed by atoms with Gasteiger partial charge in [0, 0.05) is 12.3 Å². The van der Waals surface area contributed by atoms with Crippen LogP contribution in [0.1, 0.15) is 33.6 Å². The fourth-order valence-electron chi connectivity index (χ4n) is 1.16. The van der Waals surface area contributed by atoms with Crippen LogP contribution < -0.4 is 5.32 Å². The lowest BCUT2D eigenvalue weighted by molar-refractivity contribution is 0.543. The van der Waals surface area contributed by atoms with E-state index in [1.807, 2.05) is 6.92 Å². The third-order valence-corrected chi connectivity index (χ3v) is 3.86. The zero-order valence-corrected chi connectivity index (χ0v) is 10.4. The van der Waals surface area contributed by atoms with E-state index in [-0.39, 0.29) is 5.75 Å². The normalized spacial score (nSPS) is 12.3. The second-order valence-electron chi connectivity index (χ2n) is 4.08. The minimum Gasteiger partial charge on any atom is -0.316 e. The molecule has 14 heavy (non-hydrogen) atoms. The summed E-state index contributed by atoms with van der Waals surface area (Å²) in [5.41, 5.74) is 0. The number of hydrogen-bond donors (Lipinski definition) is 1. The highest BCUT2D eigenvalue weighted by Gasteiger charge is 2.07. The molecule has 0 saturated carbocycles. The predicted octanol–water partition coefficient (Wildman–Crippen LogP) is 1.45. The number of hydrogen-bond acceptors (Lipinski definition) is 3. The summed E-state index contributed by atoms with van der Waals surface area (Å²) in [4.78, 5) is 0. The molecule has 0 saturated heterocycles. The second-order valence-corrected chi connectivity index (χ2v) is 6.39. The predicted molar refractivity (Wildman–Crippen MR) is 61.3 cm³/mol. The van der Waals surface area contributed by atoms with Crippen LogP contribution in [-0.2, 0) is 9.84 Å². The summed E-state index contributed by atoms with van der Waals surface area (Å²) in [6.45, 7) is 7.73. The molecule has 3 nitrogen and oxygen atoms in total. The van der Waals surface area contributed by atoms with Gasteiger partial charge in [0.25, 0.3) is 0 Å². The van der Waals surface area contributed by atoms with E-state index >= 15 is 0 Å². The molecule has 0 aromatic carbocycles. The molecule has 0 bridgehead atoms. The van der Waals surface area contributed by atoms with Gasteiger partial charge in [0.2, 0.25) is 0 Å². The van der Waals surface area contributed by atoms with E-state index in [1.54, 1.807) is 0 Å². The van der Waals surface area contributed by atoms with E-state index < -0.39 is 9.84 Å². The second kappa shape index (κ2) is 7.23. The van der Waals surface area contributed by atoms with Gasteiger partial charge in [-0.05, 0) is 25.3 Å². The summed E-state index contributed by atoms with van der Waals surface area (Å²) in [5.74, 6) is 1.27. The molecule has 0 fully saturated rings. The van der Waals surface area contributed by atoms with Gasteiger partial charge in [-0.2, -0.15) is 0 Å². The molecule has 0 aliphatic carbocycles. The molecule has 0 aliphatic rings. The lowest BCUT2D eigenvalue weighted by Crippen LogP contribution is -2.25. The number of rotatable bonds is 8. The highest BCUT2D eigenvalue weighted by Crippen LogP contribution is 1.96. The smallest absolute Gasteiger partial charge is 0.151 e. The molecule has 0 aromatic heterocycles. The van der Waals surface area contributed by atoms with E-state index in [2.05, 4.69) is 19.2 Å². The van der Waals surface area contributed by atoms with E-state index in [0.29, 0.717) is 24.6 Å². The molecule has 0 unspecified atom stereocenters. The van der Waals surface area contributed by atoms with Crippen molar-refractivity contribution in [3.05, 3.63) is 0 Å². The monoisotopic (exact) mass is 221 g/mol. The Morgan fingerprint density at radius 3 is 2.29 bits per heavy atom. The van der Waals surface area contributed by atoms with Crippen LogP contribution in [0.25, 0.3) is 0 Å². The standard InChI is InChI=1S/C10H23NO2S/c1-4-8-14(12,13)9-7-11-6-5-10(2)3/h10-11H,4-9H2,1-3H3. The lowest BCUT2D eigenvalue weighted by Gasteiger charge is -2.06. The van der Waals surface area contributed by atoms with Gasteiger partial charge in [0.1, 0.15) is 0 Å². The Bertz CT molecular complexity index is 222. The van der Waals surface area contributed by atoms with Gasteiger partial charge < -0.3 is 5.32 Å². The van der Waals surface area contributed by atoms with Crippen LogP contribution in [0.15, 0.2) is 0 Å². The Kier molecular flexibility index (Phi) is 7.19. The zero-order valence-electron chi connectivity index (χ0n) is 9.54. The Labute approximate surface area is 88.2 Å². The maximum atomic E-state index is 11.3. The Morgan fingerprint density at radius 2 is 1.79 bits per heavy atom. The molecule has 0 amide bonds. The first-order valence-corrected chi connectivity index (χ1v) is 7.21. The summed E-state index contributed by atoms with van der Waals surface area (Å²) in [6.07, 6.45) is 1.82. The molecule has 0 heterocycles. The molecule has 1 N–H and O–H groups in total. The molecule has 0 atom stereocenters. The topological polar surface area (TPSA) is 46.2 Å². The van der Waals surface area contributed by atoms with Gasteiger partial charge in [-0.25, -0.2) is 8.42 Å². The molecule has 0 radical (unpaired) electrons. The van der Waals surface area contributed by atoms with Gasteiger partial charge >= 0.3 is 0 Å². The highest BCUT2D eigenvalue weighted by molar-refractivity contribution is 7.91. The summed E-state index contributed by atoms with van der Waals surface area (Å²) in [7, 11) is -2.79. The molecule has 0 rings (SSSR count). The van der Waals surface area contributed by atoms with Crippen molar-refractivity contribution in [1.82, 2.24) is 5.32 Å². The average Bonchev–Trinajstić information content (AvgIpc) is 2.02. The summed E-state index contributed by atoms with van der Waals surface area (Å²) >= 11 is 0. The first kappa shape index (κ1) is 13.9. The molecular formula is C10H23NO2S. The van der Waals surface area contributed by atoms with Crippen LogP contribution in [0.3, 0.4) is 0 Å². The fourth-order valence-corrected chi connectivity index (χ4v) is 2.44. The van der Waals surface area contributed by atoms with Crippen LogP contribution >= 0.6 is 0 Å². The summed E-state index contributed by atoms with van der Waals surface area (Å²) in [6, 6.07) is 0. The minimum absolute atomic E-state index is 0.277. The van der Waals surface area contributed by atoms with Crippen molar-refractivity contribution in [3.63, 3.8) is 0 Å². The summed E-state index contributed by atoms with van der Waals surface area (Å²) in [5, 5.41) is 3.15. The number of sulfone groups is 1. The first-order chi connectivity index (χ1) is 6.48. The van der Waals surface area contributed by atoms with Crippen LogP contribution in [0.2, 0.25) is 0 Å². The largest absolute Gasteiger partial charge is 0.316 e. The van der Waals surface area contributed by atoms with Crippen LogP contribution in [0.4, 0.5) is 0 Å². The van der Waals surface area contributed by atoms with Crippen molar-refractivity contribution < 1.29 is 8.42 Å². The molecule has 4 heteroatoms. The van der Waals surface area contributed by atoms with Crippen molar-refractivity contribution in [2.24, 2.45) is 5.92 Å². The Morgan fingerprint density at radius 1 is 1.14 bits per heavy atom. The van der Waals surface area contributed by atoms with E-state index in [9.17, 15) is 8.42 Å². The van der Waals surface area contributed by atoms with Crippen molar-refractivity contribution >= 4 is 9.84 Å². The van der Waals surface area contributed by atoms with Crippen LogP contribution in [0, 0.1) is 5.92 Å². The first-order valence-electron chi connectivity index (χ1n) is 5.39. The van der Waals surface area contributed by atoms with Gasteiger partial charge in [-0.1, -0.05) is 20.8 Å². The van der Waals surface area contributed by atoms with Crippen molar-refractivity contribution in [2.45, 2.75) is 33.6 Å².